The normalized spacial score (nSPS) is 17.7. The highest BCUT2D eigenvalue weighted by Crippen LogP contribution is 2.43. The van der Waals surface area contributed by atoms with E-state index in [1.165, 1.54) is 0 Å². The molecular weight excluding hydrogens is 372 g/mol. The van der Waals surface area contributed by atoms with Crippen LogP contribution < -0.4 is 0 Å². The summed E-state index contributed by atoms with van der Waals surface area (Å²) in [4.78, 5) is 17.8. The summed E-state index contributed by atoms with van der Waals surface area (Å²) in [5.41, 5.74) is 2.89. The number of imidazole rings is 1. The van der Waals surface area contributed by atoms with Crippen LogP contribution in [0.4, 0.5) is 0 Å². The van der Waals surface area contributed by atoms with E-state index in [-0.39, 0.29) is 11.2 Å². The molecule has 2 heterocycles. The molecule has 148 valence electrons. The SMILES string of the molecule is O=C(c1nccn1-c1ccccc1)[C@H]1CC(c2ccccc2)(c2ccccc2)CO1. The number of hydrogen-bond donors (Lipinski definition) is 0. The number of carbonyl (C=O) groups excluding carboxylic acids is 1. The molecule has 1 saturated heterocycles. The van der Waals surface area contributed by atoms with Crippen molar-refractivity contribution in [3.8, 4) is 5.69 Å². The number of rotatable bonds is 5. The van der Waals surface area contributed by atoms with E-state index < -0.39 is 6.10 Å². The van der Waals surface area contributed by atoms with Crippen LogP contribution in [0.3, 0.4) is 0 Å². The number of Topliss-reactive ketones (excluding diaryl/α,β-unsaturated/α-hetero) is 1. The molecule has 4 nitrogen and oxygen atoms in total. The van der Waals surface area contributed by atoms with Crippen molar-refractivity contribution >= 4 is 5.78 Å². The lowest BCUT2D eigenvalue weighted by Crippen LogP contribution is -2.30. The van der Waals surface area contributed by atoms with Crippen LogP contribution in [-0.2, 0) is 10.2 Å². The zero-order valence-corrected chi connectivity index (χ0v) is 16.5. The van der Waals surface area contributed by atoms with Crippen LogP contribution >= 0.6 is 0 Å². The van der Waals surface area contributed by atoms with Crippen LogP contribution in [0.15, 0.2) is 103 Å². The number of ketones is 1. The first-order chi connectivity index (χ1) is 14.8. The fraction of sp³-hybridized carbons (Fsp3) is 0.154. The molecule has 4 heteroatoms. The lowest BCUT2D eigenvalue weighted by molar-refractivity contribution is 0.0622. The average molecular weight is 394 g/mol. The summed E-state index contributed by atoms with van der Waals surface area (Å²) in [6.45, 7) is 0.462. The van der Waals surface area contributed by atoms with Crippen molar-refractivity contribution in [2.45, 2.75) is 17.9 Å². The van der Waals surface area contributed by atoms with E-state index in [0.29, 0.717) is 18.9 Å². The number of carbonyl (C=O) groups is 1. The van der Waals surface area contributed by atoms with Crippen LogP contribution in [0.25, 0.3) is 5.69 Å². The van der Waals surface area contributed by atoms with Gasteiger partial charge in [0.25, 0.3) is 0 Å². The minimum absolute atomic E-state index is 0.0856. The van der Waals surface area contributed by atoms with Crippen LogP contribution in [0.1, 0.15) is 28.2 Å². The zero-order valence-electron chi connectivity index (χ0n) is 16.5. The number of nitrogens with zero attached hydrogens (tertiary/aromatic N) is 2. The van der Waals surface area contributed by atoms with Crippen molar-refractivity contribution in [2.75, 3.05) is 6.61 Å². The second kappa shape index (κ2) is 7.73. The van der Waals surface area contributed by atoms with E-state index in [1.807, 2.05) is 77.5 Å². The smallest absolute Gasteiger partial charge is 0.227 e. The van der Waals surface area contributed by atoms with Crippen LogP contribution in [-0.4, -0.2) is 28.0 Å². The first-order valence-electron chi connectivity index (χ1n) is 10.1. The van der Waals surface area contributed by atoms with E-state index in [0.717, 1.165) is 16.8 Å². The maximum Gasteiger partial charge on any atom is 0.227 e. The largest absolute Gasteiger partial charge is 0.369 e. The molecule has 4 aromatic rings. The fourth-order valence-corrected chi connectivity index (χ4v) is 4.36. The zero-order chi connectivity index (χ0) is 20.4. The molecule has 1 aliphatic heterocycles. The Balaban J connectivity index is 1.50. The van der Waals surface area contributed by atoms with Gasteiger partial charge in [0.15, 0.2) is 5.82 Å². The van der Waals surface area contributed by atoms with E-state index in [4.69, 9.17) is 4.74 Å². The van der Waals surface area contributed by atoms with E-state index in [2.05, 4.69) is 29.2 Å². The number of aromatic nitrogens is 2. The summed E-state index contributed by atoms with van der Waals surface area (Å²) in [5.74, 6) is 0.320. The van der Waals surface area contributed by atoms with Gasteiger partial charge in [-0.25, -0.2) is 4.98 Å². The third-order valence-electron chi connectivity index (χ3n) is 5.91. The summed E-state index contributed by atoms with van der Waals surface area (Å²) in [5, 5.41) is 0. The van der Waals surface area contributed by atoms with Gasteiger partial charge in [-0.15, -0.1) is 0 Å². The van der Waals surface area contributed by atoms with Crippen molar-refractivity contribution in [1.29, 1.82) is 0 Å². The molecule has 1 atom stereocenters. The molecule has 0 amide bonds. The fourth-order valence-electron chi connectivity index (χ4n) is 4.36. The molecule has 0 bridgehead atoms. The topological polar surface area (TPSA) is 44.1 Å². The summed E-state index contributed by atoms with van der Waals surface area (Å²) >= 11 is 0. The third-order valence-corrected chi connectivity index (χ3v) is 5.91. The molecule has 0 aliphatic carbocycles. The van der Waals surface area contributed by atoms with Crippen molar-refractivity contribution < 1.29 is 9.53 Å². The van der Waals surface area contributed by atoms with Gasteiger partial charge in [-0.3, -0.25) is 9.36 Å². The molecule has 1 fully saturated rings. The second-order valence-corrected chi connectivity index (χ2v) is 7.64. The molecular formula is C26H22N2O2. The lowest BCUT2D eigenvalue weighted by atomic mass is 9.72. The Bertz CT molecular complexity index is 1100. The van der Waals surface area contributed by atoms with Gasteiger partial charge in [0.05, 0.1) is 6.61 Å². The van der Waals surface area contributed by atoms with Gasteiger partial charge in [-0.05, 0) is 29.7 Å². The van der Waals surface area contributed by atoms with Crippen LogP contribution in [0, 0.1) is 0 Å². The first-order valence-corrected chi connectivity index (χ1v) is 10.1. The van der Waals surface area contributed by atoms with Gasteiger partial charge in [-0.1, -0.05) is 78.9 Å². The van der Waals surface area contributed by atoms with E-state index in [9.17, 15) is 4.79 Å². The van der Waals surface area contributed by atoms with Gasteiger partial charge in [0, 0.05) is 23.5 Å². The molecule has 1 aromatic heterocycles. The molecule has 0 N–H and O–H groups in total. The van der Waals surface area contributed by atoms with Crippen LogP contribution in [0.2, 0.25) is 0 Å². The number of para-hydroxylation sites is 1. The van der Waals surface area contributed by atoms with Gasteiger partial charge in [0.2, 0.25) is 5.78 Å². The predicted octanol–water partition coefficient (Wildman–Crippen LogP) is 4.83. The Kier molecular flexibility index (Phi) is 4.77. The molecule has 1 aliphatic rings. The van der Waals surface area contributed by atoms with Gasteiger partial charge < -0.3 is 4.74 Å². The quantitative estimate of drug-likeness (QED) is 0.456. The second-order valence-electron chi connectivity index (χ2n) is 7.64. The van der Waals surface area contributed by atoms with Crippen molar-refractivity contribution in [3.63, 3.8) is 0 Å². The van der Waals surface area contributed by atoms with Crippen LogP contribution in [0.5, 0.6) is 0 Å². The molecule has 5 rings (SSSR count). The Labute approximate surface area is 175 Å². The summed E-state index contributed by atoms with van der Waals surface area (Å²) < 4.78 is 7.98. The number of hydrogen-bond acceptors (Lipinski definition) is 3. The van der Waals surface area contributed by atoms with Gasteiger partial charge in [-0.2, -0.15) is 0 Å². The van der Waals surface area contributed by atoms with Gasteiger partial charge >= 0.3 is 0 Å². The predicted molar refractivity (Wildman–Crippen MR) is 116 cm³/mol. The summed E-state index contributed by atoms with van der Waals surface area (Å²) in [6.07, 6.45) is 3.52. The Hall–Kier alpha value is -3.50. The molecule has 0 spiro atoms. The highest BCUT2D eigenvalue weighted by Gasteiger charge is 2.46. The standard InChI is InChI=1S/C26H22N2O2/c29-24(25-27-16-17-28(25)22-14-8-3-9-15-22)23-18-26(19-30-23,20-10-4-1-5-11-20)21-12-6-2-7-13-21/h1-17,23H,18-19H2/t23-/m1/s1. The van der Waals surface area contributed by atoms with Crippen molar-refractivity contribution in [1.82, 2.24) is 9.55 Å². The first kappa shape index (κ1) is 18.5. The molecule has 3 aromatic carbocycles. The lowest BCUT2D eigenvalue weighted by Gasteiger charge is -2.29. The summed E-state index contributed by atoms with van der Waals surface area (Å²) in [6, 6.07) is 30.4. The molecule has 30 heavy (non-hydrogen) atoms. The maximum absolute atomic E-state index is 13.4. The van der Waals surface area contributed by atoms with Crippen molar-refractivity contribution in [3.05, 3.63) is 120 Å². The minimum Gasteiger partial charge on any atom is -0.369 e. The molecule has 0 radical (unpaired) electrons. The Morgan fingerprint density at radius 3 is 2.03 bits per heavy atom. The number of benzene rings is 3. The highest BCUT2D eigenvalue weighted by atomic mass is 16.5. The molecule has 0 saturated carbocycles. The molecule has 0 unspecified atom stereocenters. The Morgan fingerprint density at radius 1 is 0.867 bits per heavy atom. The van der Waals surface area contributed by atoms with Crippen molar-refractivity contribution in [2.24, 2.45) is 0 Å². The number of ether oxygens (including phenoxy) is 1. The van der Waals surface area contributed by atoms with Gasteiger partial charge in [0.1, 0.15) is 6.10 Å². The summed E-state index contributed by atoms with van der Waals surface area (Å²) in [7, 11) is 0. The minimum atomic E-state index is -0.546. The highest BCUT2D eigenvalue weighted by molar-refractivity contribution is 5.97. The average Bonchev–Trinajstić information content (AvgIpc) is 3.49. The monoisotopic (exact) mass is 394 g/mol. The maximum atomic E-state index is 13.4. The van der Waals surface area contributed by atoms with E-state index in [1.54, 1.807) is 6.20 Å². The third kappa shape index (κ3) is 3.15. The Morgan fingerprint density at radius 2 is 1.43 bits per heavy atom. The van der Waals surface area contributed by atoms with E-state index >= 15 is 0 Å².